The second kappa shape index (κ2) is 8.12. The number of halogens is 2. The molecule has 1 aromatic carbocycles. The fourth-order valence-electron chi connectivity index (χ4n) is 1.85. The molecule has 0 radical (unpaired) electrons. The monoisotopic (exact) mass is 287 g/mol. The third-order valence-electron chi connectivity index (χ3n) is 2.87. The van der Waals surface area contributed by atoms with Gasteiger partial charge in [0.25, 0.3) is 5.91 Å². The van der Waals surface area contributed by atoms with Crippen molar-refractivity contribution in [3.63, 3.8) is 0 Å². The molecule has 0 spiro atoms. The van der Waals surface area contributed by atoms with Crippen LogP contribution >= 0.6 is 11.6 Å². The van der Waals surface area contributed by atoms with Crippen LogP contribution in [0.4, 0.5) is 4.39 Å². The predicted molar refractivity (Wildman–Crippen MR) is 73.9 cm³/mol. The number of amides is 1. The van der Waals surface area contributed by atoms with Crippen LogP contribution in [0, 0.1) is 5.82 Å². The van der Waals surface area contributed by atoms with E-state index in [0.717, 1.165) is 19.3 Å². The first-order chi connectivity index (χ1) is 9.11. The Balaban J connectivity index is 2.86. The summed E-state index contributed by atoms with van der Waals surface area (Å²) in [4.78, 5) is 13.7. The van der Waals surface area contributed by atoms with Gasteiger partial charge in [0.05, 0.1) is 17.2 Å². The highest BCUT2D eigenvalue weighted by atomic mass is 35.5. The van der Waals surface area contributed by atoms with Crippen molar-refractivity contribution in [1.82, 2.24) is 4.90 Å². The van der Waals surface area contributed by atoms with Gasteiger partial charge in [-0.15, -0.1) is 0 Å². The molecule has 1 rings (SSSR count). The Kier molecular flexibility index (Phi) is 6.81. The number of hydrogen-bond acceptors (Lipinski definition) is 2. The minimum atomic E-state index is -0.629. The molecule has 0 aliphatic rings. The molecule has 0 aliphatic heterocycles. The molecule has 0 saturated heterocycles. The van der Waals surface area contributed by atoms with Gasteiger partial charge in [0.15, 0.2) is 0 Å². The van der Waals surface area contributed by atoms with Crippen molar-refractivity contribution in [2.75, 3.05) is 19.7 Å². The second-order valence-corrected chi connectivity index (χ2v) is 4.73. The number of carbonyl (C=O) groups excluding carboxylic acids is 1. The summed E-state index contributed by atoms with van der Waals surface area (Å²) in [6, 6.07) is 4.16. The lowest BCUT2D eigenvalue weighted by Crippen LogP contribution is -2.35. The Bertz CT molecular complexity index is 406. The largest absolute Gasteiger partial charge is 0.395 e. The maximum Gasteiger partial charge on any atom is 0.258 e. The first-order valence-electron chi connectivity index (χ1n) is 6.46. The Morgan fingerprint density at radius 3 is 2.68 bits per heavy atom. The highest BCUT2D eigenvalue weighted by Crippen LogP contribution is 2.21. The van der Waals surface area contributed by atoms with Crippen LogP contribution in [0.1, 0.15) is 36.5 Å². The topological polar surface area (TPSA) is 40.5 Å². The smallest absolute Gasteiger partial charge is 0.258 e. The first-order valence-corrected chi connectivity index (χ1v) is 6.83. The molecule has 0 aliphatic carbocycles. The van der Waals surface area contributed by atoms with E-state index in [0.29, 0.717) is 6.54 Å². The van der Waals surface area contributed by atoms with Crippen molar-refractivity contribution >= 4 is 17.5 Å². The average Bonchev–Trinajstić information content (AvgIpc) is 2.37. The van der Waals surface area contributed by atoms with Gasteiger partial charge in [-0.05, 0) is 18.6 Å². The van der Waals surface area contributed by atoms with E-state index < -0.39 is 11.7 Å². The molecule has 3 nitrogen and oxygen atoms in total. The van der Waals surface area contributed by atoms with Crippen LogP contribution in [0.2, 0.25) is 5.02 Å². The van der Waals surface area contributed by atoms with Gasteiger partial charge in [-0.2, -0.15) is 0 Å². The minimum absolute atomic E-state index is 0.100. The molecule has 0 fully saturated rings. The molecule has 19 heavy (non-hydrogen) atoms. The lowest BCUT2D eigenvalue weighted by Gasteiger charge is -2.22. The summed E-state index contributed by atoms with van der Waals surface area (Å²) < 4.78 is 13.7. The minimum Gasteiger partial charge on any atom is -0.395 e. The number of hydrogen-bond donors (Lipinski definition) is 1. The van der Waals surface area contributed by atoms with E-state index in [2.05, 4.69) is 6.92 Å². The number of unbranched alkanes of at least 4 members (excludes halogenated alkanes) is 2. The Morgan fingerprint density at radius 1 is 1.37 bits per heavy atom. The maximum absolute atomic E-state index is 13.7. The summed E-state index contributed by atoms with van der Waals surface area (Å²) in [6.45, 7) is 2.60. The van der Waals surface area contributed by atoms with Crippen LogP contribution in [-0.4, -0.2) is 35.6 Å². The molecule has 0 unspecified atom stereocenters. The standard InChI is InChI=1S/C14H19ClFNO2/c1-2-3-4-8-17(9-10-18)14(19)13-11(15)6-5-7-12(13)16/h5-7,18H,2-4,8-10H2,1H3. The van der Waals surface area contributed by atoms with Gasteiger partial charge in [-0.1, -0.05) is 37.4 Å². The maximum atomic E-state index is 13.7. The Hall–Kier alpha value is -1.13. The SMILES string of the molecule is CCCCCN(CCO)C(=O)c1c(F)cccc1Cl. The van der Waals surface area contributed by atoms with Crippen LogP contribution in [0.3, 0.4) is 0 Å². The second-order valence-electron chi connectivity index (χ2n) is 4.32. The molecule has 5 heteroatoms. The van der Waals surface area contributed by atoms with Crippen molar-refractivity contribution in [1.29, 1.82) is 0 Å². The molecule has 1 aromatic rings. The Morgan fingerprint density at radius 2 is 2.11 bits per heavy atom. The third kappa shape index (κ3) is 4.48. The van der Waals surface area contributed by atoms with E-state index >= 15 is 0 Å². The highest BCUT2D eigenvalue weighted by Gasteiger charge is 2.21. The third-order valence-corrected chi connectivity index (χ3v) is 3.18. The van der Waals surface area contributed by atoms with Crippen LogP contribution in [-0.2, 0) is 0 Å². The normalized spacial score (nSPS) is 10.5. The van der Waals surface area contributed by atoms with Gasteiger partial charge in [0, 0.05) is 13.1 Å². The molecule has 1 N–H and O–H groups in total. The molecule has 0 atom stereocenters. The average molecular weight is 288 g/mol. The summed E-state index contributed by atoms with van der Waals surface area (Å²) in [5.74, 6) is -1.09. The lowest BCUT2D eigenvalue weighted by atomic mass is 10.1. The predicted octanol–water partition coefficient (Wildman–Crippen LogP) is 3.10. The van der Waals surface area contributed by atoms with E-state index in [-0.39, 0.29) is 23.7 Å². The van der Waals surface area contributed by atoms with Crippen LogP contribution in [0.5, 0.6) is 0 Å². The highest BCUT2D eigenvalue weighted by molar-refractivity contribution is 6.33. The van der Waals surface area contributed by atoms with Crippen LogP contribution in [0.25, 0.3) is 0 Å². The van der Waals surface area contributed by atoms with E-state index in [1.54, 1.807) is 0 Å². The number of rotatable bonds is 7. The molecule has 0 saturated carbocycles. The van der Waals surface area contributed by atoms with Crippen molar-refractivity contribution in [2.45, 2.75) is 26.2 Å². The zero-order valence-electron chi connectivity index (χ0n) is 11.0. The van der Waals surface area contributed by atoms with Crippen molar-refractivity contribution < 1.29 is 14.3 Å². The van der Waals surface area contributed by atoms with Gasteiger partial charge in [-0.25, -0.2) is 4.39 Å². The molecular formula is C14H19ClFNO2. The van der Waals surface area contributed by atoms with E-state index in [1.807, 2.05) is 0 Å². The van der Waals surface area contributed by atoms with Crippen molar-refractivity contribution in [2.24, 2.45) is 0 Å². The molecule has 1 amide bonds. The van der Waals surface area contributed by atoms with Gasteiger partial charge in [-0.3, -0.25) is 4.79 Å². The van der Waals surface area contributed by atoms with E-state index in [4.69, 9.17) is 16.7 Å². The van der Waals surface area contributed by atoms with Gasteiger partial charge in [0.1, 0.15) is 5.82 Å². The quantitative estimate of drug-likeness (QED) is 0.783. The number of nitrogens with zero attached hydrogens (tertiary/aromatic N) is 1. The molecule has 0 aromatic heterocycles. The molecule has 106 valence electrons. The summed E-state index contributed by atoms with van der Waals surface area (Å²) in [6.07, 6.45) is 2.84. The molecule has 0 heterocycles. The zero-order chi connectivity index (χ0) is 14.3. The van der Waals surface area contributed by atoms with Crippen molar-refractivity contribution in [3.05, 3.63) is 34.6 Å². The number of carbonyl (C=O) groups is 1. The molecule has 0 bridgehead atoms. The summed E-state index contributed by atoms with van der Waals surface area (Å²) >= 11 is 5.88. The zero-order valence-corrected chi connectivity index (χ0v) is 11.8. The lowest BCUT2D eigenvalue weighted by molar-refractivity contribution is 0.0714. The van der Waals surface area contributed by atoms with Gasteiger partial charge >= 0.3 is 0 Å². The number of aliphatic hydroxyl groups excluding tert-OH is 1. The number of benzene rings is 1. The van der Waals surface area contributed by atoms with Crippen molar-refractivity contribution in [3.8, 4) is 0 Å². The van der Waals surface area contributed by atoms with E-state index in [1.165, 1.54) is 23.1 Å². The van der Waals surface area contributed by atoms with E-state index in [9.17, 15) is 9.18 Å². The fourth-order valence-corrected chi connectivity index (χ4v) is 2.09. The summed E-state index contributed by atoms with van der Waals surface area (Å²) in [7, 11) is 0. The molecular weight excluding hydrogens is 269 g/mol. The van der Waals surface area contributed by atoms with Crippen LogP contribution in [0.15, 0.2) is 18.2 Å². The summed E-state index contributed by atoms with van der Waals surface area (Å²) in [5, 5.41) is 9.11. The fraction of sp³-hybridized carbons (Fsp3) is 0.500. The van der Waals surface area contributed by atoms with Gasteiger partial charge < -0.3 is 10.0 Å². The first kappa shape index (κ1) is 15.9. The Labute approximate surface area is 118 Å². The summed E-state index contributed by atoms with van der Waals surface area (Å²) in [5.41, 5.74) is -0.117. The van der Waals surface area contributed by atoms with Crippen LogP contribution < -0.4 is 0 Å². The van der Waals surface area contributed by atoms with Gasteiger partial charge in [0.2, 0.25) is 0 Å². The number of aliphatic hydroxyl groups is 1.